The van der Waals surface area contributed by atoms with E-state index in [9.17, 15) is 14.0 Å². The van der Waals surface area contributed by atoms with Gasteiger partial charge in [0.05, 0.1) is 5.69 Å². The van der Waals surface area contributed by atoms with Crippen LogP contribution in [0.4, 0.5) is 15.8 Å². The number of hydrogen-bond donors (Lipinski definition) is 1. The van der Waals surface area contributed by atoms with Gasteiger partial charge >= 0.3 is 0 Å². The minimum atomic E-state index is -0.472. The fourth-order valence-corrected chi connectivity index (χ4v) is 2.14. The first kappa shape index (κ1) is 16.7. The molecule has 0 aromatic heterocycles. The second-order valence-electron chi connectivity index (χ2n) is 5.17. The predicted molar refractivity (Wildman–Crippen MR) is 88.7 cm³/mol. The lowest BCUT2D eigenvalue weighted by atomic mass is 10.2. The fourth-order valence-electron chi connectivity index (χ4n) is 2.14. The topological polar surface area (TPSA) is 49.4 Å². The van der Waals surface area contributed by atoms with Crippen molar-refractivity contribution in [1.29, 1.82) is 0 Å². The Morgan fingerprint density at radius 3 is 2.35 bits per heavy atom. The van der Waals surface area contributed by atoms with Crippen LogP contribution in [0, 0.1) is 5.82 Å². The number of nitrogens with one attached hydrogen (secondary N) is 1. The van der Waals surface area contributed by atoms with Gasteiger partial charge in [-0.15, -0.1) is 0 Å². The zero-order chi connectivity index (χ0) is 16.7. The molecule has 5 heteroatoms. The molecule has 120 valence electrons. The second-order valence-corrected chi connectivity index (χ2v) is 5.17. The molecule has 0 aliphatic carbocycles. The van der Waals surface area contributed by atoms with Crippen LogP contribution in [0.15, 0.2) is 54.6 Å². The number of para-hydroxylation sites is 2. The Labute approximate surface area is 134 Å². The molecule has 0 bridgehead atoms. The van der Waals surface area contributed by atoms with Gasteiger partial charge in [-0.1, -0.05) is 30.3 Å². The number of amides is 2. The lowest BCUT2D eigenvalue weighted by Gasteiger charge is -2.17. The Morgan fingerprint density at radius 1 is 1.00 bits per heavy atom. The van der Waals surface area contributed by atoms with Crippen molar-refractivity contribution in [1.82, 2.24) is 0 Å². The molecule has 2 amide bonds. The molecule has 0 saturated carbocycles. The van der Waals surface area contributed by atoms with Crippen molar-refractivity contribution in [3.8, 4) is 0 Å². The van der Waals surface area contributed by atoms with E-state index in [0.717, 1.165) is 5.69 Å². The van der Waals surface area contributed by atoms with Crippen LogP contribution in [0.25, 0.3) is 0 Å². The largest absolute Gasteiger partial charge is 0.324 e. The van der Waals surface area contributed by atoms with Crippen molar-refractivity contribution >= 4 is 23.2 Å². The maximum atomic E-state index is 13.4. The Hall–Kier alpha value is -2.69. The van der Waals surface area contributed by atoms with Crippen molar-refractivity contribution in [3.05, 3.63) is 60.4 Å². The number of carbonyl (C=O) groups excluding carboxylic acids is 2. The van der Waals surface area contributed by atoms with Crippen LogP contribution in [-0.2, 0) is 9.59 Å². The maximum Gasteiger partial charge on any atom is 0.226 e. The van der Waals surface area contributed by atoms with Crippen LogP contribution < -0.4 is 10.2 Å². The molecule has 0 heterocycles. The molecule has 0 unspecified atom stereocenters. The summed E-state index contributed by atoms with van der Waals surface area (Å²) in [6.07, 6.45) is 0.842. The zero-order valence-corrected chi connectivity index (χ0v) is 13.0. The number of nitrogens with zero attached hydrogens (tertiary/aromatic N) is 1. The summed E-state index contributed by atoms with van der Waals surface area (Å²) >= 11 is 0. The molecule has 0 aliphatic rings. The maximum absolute atomic E-state index is 13.4. The number of benzene rings is 2. The Bertz CT molecular complexity index is 674. The smallest absolute Gasteiger partial charge is 0.226 e. The molecule has 1 N–H and O–H groups in total. The van der Waals surface area contributed by atoms with Gasteiger partial charge in [-0.05, 0) is 30.7 Å². The highest BCUT2D eigenvalue weighted by atomic mass is 19.1. The van der Waals surface area contributed by atoms with Gasteiger partial charge in [0.1, 0.15) is 5.82 Å². The van der Waals surface area contributed by atoms with E-state index in [4.69, 9.17) is 0 Å². The lowest BCUT2D eigenvalue weighted by molar-refractivity contribution is -0.118. The minimum Gasteiger partial charge on any atom is -0.324 e. The molecule has 4 nitrogen and oxygen atoms in total. The standard InChI is InChI=1S/C18H19FN2O2/c1-21(14-8-3-2-4-9-14)18(23)13-7-12-17(22)20-16-11-6-5-10-15(16)19/h2-6,8-11H,7,12-13H2,1H3,(H,20,22). The fraction of sp³-hybridized carbons (Fsp3) is 0.222. The van der Waals surface area contributed by atoms with E-state index < -0.39 is 5.82 Å². The molecule has 0 spiro atoms. The van der Waals surface area contributed by atoms with Crippen LogP contribution in [0.1, 0.15) is 19.3 Å². The first-order valence-corrected chi connectivity index (χ1v) is 7.44. The SMILES string of the molecule is CN(C(=O)CCCC(=O)Nc1ccccc1F)c1ccccc1. The van der Waals surface area contributed by atoms with E-state index >= 15 is 0 Å². The molecule has 2 aromatic rings. The third-order valence-electron chi connectivity index (χ3n) is 3.46. The van der Waals surface area contributed by atoms with Crippen LogP contribution in [0.2, 0.25) is 0 Å². The molecule has 2 rings (SSSR count). The van der Waals surface area contributed by atoms with E-state index in [-0.39, 0.29) is 30.3 Å². The Balaban J connectivity index is 1.77. The lowest BCUT2D eigenvalue weighted by Crippen LogP contribution is -2.26. The summed E-state index contributed by atoms with van der Waals surface area (Å²) in [7, 11) is 1.71. The summed E-state index contributed by atoms with van der Waals surface area (Å²) in [5.74, 6) is -0.833. The third kappa shape index (κ3) is 4.92. The predicted octanol–water partition coefficient (Wildman–Crippen LogP) is 3.60. The quantitative estimate of drug-likeness (QED) is 0.885. The van der Waals surface area contributed by atoms with Crippen molar-refractivity contribution in [2.75, 3.05) is 17.3 Å². The average molecular weight is 314 g/mol. The summed E-state index contributed by atoms with van der Waals surface area (Å²) in [5, 5.41) is 2.51. The summed E-state index contributed by atoms with van der Waals surface area (Å²) in [5.41, 5.74) is 0.971. The van der Waals surface area contributed by atoms with Crippen LogP contribution >= 0.6 is 0 Å². The monoisotopic (exact) mass is 314 g/mol. The summed E-state index contributed by atoms with van der Waals surface area (Å²) in [6, 6.07) is 15.3. The summed E-state index contributed by atoms with van der Waals surface area (Å²) in [6.45, 7) is 0. The third-order valence-corrected chi connectivity index (χ3v) is 3.46. The van der Waals surface area contributed by atoms with Gasteiger partial charge in [0.15, 0.2) is 0 Å². The van der Waals surface area contributed by atoms with Crippen molar-refractivity contribution in [2.24, 2.45) is 0 Å². The highest BCUT2D eigenvalue weighted by Gasteiger charge is 2.12. The molecular formula is C18H19FN2O2. The van der Waals surface area contributed by atoms with E-state index in [0.29, 0.717) is 6.42 Å². The molecule has 23 heavy (non-hydrogen) atoms. The molecule has 0 radical (unpaired) electrons. The molecule has 0 fully saturated rings. The van der Waals surface area contributed by atoms with Crippen molar-refractivity contribution in [3.63, 3.8) is 0 Å². The van der Waals surface area contributed by atoms with Gasteiger partial charge in [0, 0.05) is 25.6 Å². The van der Waals surface area contributed by atoms with Gasteiger partial charge in [0.25, 0.3) is 0 Å². The van der Waals surface area contributed by atoms with Crippen molar-refractivity contribution in [2.45, 2.75) is 19.3 Å². The highest BCUT2D eigenvalue weighted by Crippen LogP contribution is 2.15. The van der Waals surface area contributed by atoms with Crippen molar-refractivity contribution < 1.29 is 14.0 Å². The van der Waals surface area contributed by atoms with E-state index in [1.165, 1.54) is 12.1 Å². The minimum absolute atomic E-state index is 0.0603. The first-order valence-electron chi connectivity index (χ1n) is 7.44. The van der Waals surface area contributed by atoms with E-state index in [1.807, 2.05) is 30.3 Å². The average Bonchev–Trinajstić information content (AvgIpc) is 2.57. The van der Waals surface area contributed by atoms with Gasteiger partial charge in [-0.2, -0.15) is 0 Å². The molecule has 0 saturated heterocycles. The number of halogens is 1. The van der Waals surface area contributed by atoms with Gasteiger partial charge in [-0.25, -0.2) is 4.39 Å². The van der Waals surface area contributed by atoms with Crippen LogP contribution in [0.5, 0.6) is 0 Å². The van der Waals surface area contributed by atoms with Crippen LogP contribution in [-0.4, -0.2) is 18.9 Å². The van der Waals surface area contributed by atoms with Crippen LogP contribution in [0.3, 0.4) is 0 Å². The van der Waals surface area contributed by atoms with E-state index in [2.05, 4.69) is 5.32 Å². The highest BCUT2D eigenvalue weighted by molar-refractivity contribution is 5.94. The zero-order valence-electron chi connectivity index (χ0n) is 13.0. The number of rotatable bonds is 6. The van der Waals surface area contributed by atoms with E-state index in [1.54, 1.807) is 24.1 Å². The Morgan fingerprint density at radius 2 is 1.65 bits per heavy atom. The van der Waals surface area contributed by atoms with Gasteiger partial charge in [0.2, 0.25) is 11.8 Å². The number of carbonyl (C=O) groups is 2. The van der Waals surface area contributed by atoms with Gasteiger partial charge < -0.3 is 10.2 Å². The summed E-state index contributed by atoms with van der Waals surface area (Å²) in [4.78, 5) is 25.4. The Kier molecular flexibility index (Phi) is 5.86. The second kappa shape index (κ2) is 8.08. The molecule has 0 aliphatic heterocycles. The number of anilines is 2. The van der Waals surface area contributed by atoms with Gasteiger partial charge in [-0.3, -0.25) is 9.59 Å². The number of hydrogen-bond acceptors (Lipinski definition) is 2. The first-order chi connectivity index (χ1) is 11.1. The molecular weight excluding hydrogens is 295 g/mol. The molecule has 2 aromatic carbocycles. The summed E-state index contributed by atoms with van der Waals surface area (Å²) < 4.78 is 13.4. The normalized spacial score (nSPS) is 10.2. The molecule has 0 atom stereocenters.